The van der Waals surface area contributed by atoms with Gasteiger partial charge in [0.15, 0.2) is 6.10 Å². The highest BCUT2D eigenvalue weighted by Gasteiger charge is 2.69. The maximum atomic E-state index is 12.0. The number of hydrogen-bond donors (Lipinski definition) is 1. The Balaban J connectivity index is 1.82. The van der Waals surface area contributed by atoms with E-state index >= 15 is 0 Å². The van der Waals surface area contributed by atoms with E-state index in [1.54, 1.807) is 26.2 Å². The molecule has 2 atom stereocenters. The van der Waals surface area contributed by atoms with Crippen LogP contribution in [-0.4, -0.2) is 29.4 Å². The molecule has 0 heterocycles. The maximum Gasteiger partial charge on any atom is 0.315 e. The lowest BCUT2D eigenvalue weighted by molar-refractivity contribution is -0.159. The summed E-state index contributed by atoms with van der Waals surface area (Å²) in [5, 5.41) is 2.71. The summed E-state index contributed by atoms with van der Waals surface area (Å²) in [5.74, 6) is -0.201. The van der Waals surface area contributed by atoms with E-state index < -0.39 is 21.8 Å². The van der Waals surface area contributed by atoms with Crippen LogP contribution in [0, 0.1) is 5.41 Å². The van der Waals surface area contributed by atoms with Crippen molar-refractivity contribution in [1.29, 1.82) is 0 Å². The topological polar surface area (TPSA) is 64.6 Å². The Bertz CT molecular complexity index is 603. The molecule has 0 saturated heterocycles. The Morgan fingerprint density at radius 3 is 2.35 bits per heavy atom. The van der Waals surface area contributed by atoms with Gasteiger partial charge in [-0.2, -0.15) is 0 Å². The van der Waals surface area contributed by atoms with Crippen LogP contribution in [0.2, 0.25) is 0 Å². The second-order valence-electron chi connectivity index (χ2n) is 5.83. The van der Waals surface area contributed by atoms with Crippen molar-refractivity contribution in [2.75, 3.05) is 7.11 Å². The smallest absolute Gasteiger partial charge is 0.315 e. The third kappa shape index (κ3) is 3.90. The number of esters is 1. The van der Waals surface area contributed by atoms with Crippen LogP contribution in [-0.2, 0) is 20.9 Å². The van der Waals surface area contributed by atoms with E-state index in [0.717, 1.165) is 11.3 Å². The molecule has 0 bridgehead atoms. The summed E-state index contributed by atoms with van der Waals surface area (Å²) in [7, 11) is 1.59. The van der Waals surface area contributed by atoms with Crippen molar-refractivity contribution < 1.29 is 19.1 Å². The van der Waals surface area contributed by atoms with E-state index in [9.17, 15) is 9.59 Å². The summed E-state index contributed by atoms with van der Waals surface area (Å²) < 4.78 is 9.12. The summed E-state index contributed by atoms with van der Waals surface area (Å²) in [4.78, 5) is 24.0. The Kier molecular flexibility index (Phi) is 5.11. The minimum absolute atomic E-state index is 0.322. The van der Waals surface area contributed by atoms with Gasteiger partial charge in [-0.05, 0) is 31.5 Å². The molecule has 1 saturated carbocycles. The summed E-state index contributed by atoms with van der Waals surface area (Å²) in [6, 6.07) is 7.30. The van der Waals surface area contributed by atoms with Crippen LogP contribution in [0.15, 0.2) is 24.3 Å². The summed E-state index contributed by atoms with van der Waals surface area (Å²) in [6.45, 7) is 3.46. The molecule has 0 spiro atoms. The van der Waals surface area contributed by atoms with Gasteiger partial charge in [-0.25, -0.2) is 0 Å². The molecule has 7 heteroatoms. The molecule has 0 unspecified atom stereocenters. The fraction of sp³-hybridized carbons (Fsp3) is 0.500. The number of ether oxygens (including phenoxy) is 2. The normalized spacial score (nSPS) is 22.8. The molecule has 1 aliphatic rings. The van der Waals surface area contributed by atoms with Crippen molar-refractivity contribution >= 4 is 35.1 Å². The predicted molar refractivity (Wildman–Crippen MR) is 87.6 cm³/mol. The van der Waals surface area contributed by atoms with E-state index in [-0.39, 0.29) is 5.91 Å². The molecule has 0 radical (unpaired) electrons. The number of methoxy groups -OCH3 is 1. The fourth-order valence-corrected chi connectivity index (χ4v) is 2.73. The molecule has 0 aromatic heterocycles. The molecule has 1 N–H and O–H groups in total. The fourth-order valence-electron chi connectivity index (χ4n) is 2.04. The summed E-state index contributed by atoms with van der Waals surface area (Å²) >= 11 is 11.9. The number of carbonyl (C=O) groups excluding carboxylic acids is 2. The molecule has 1 fully saturated rings. The van der Waals surface area contributed by atoms with Crippen LogP contribution >= 0.6 is 23.2 Å². The number of hydrogen-bond acceptors (Lipinski definition) is 4. The van der Waals surface area contributed by atoms with Crippen molar-refractivity contribution in [2.45, 2.75) is 37.3 Å². The highest BCUT2D eigenvalue weighted by atomic mass is 35.5. The SMILES string of the molecule is COc1ccc(CNC(=O)[C@H](C)OC(=O)[C@]2(C)CC2(Cl)Cl)cc1. The van der Waals surface area contributed by atoms with Gasteiger partial charge in [0.1, 0.15) is 15.5 Å². The first-order valence-corrected chi connectivity index (χ1v) is 7.95. The molecular formula is C16H19Cl2NO4. The van der Waals surface area contributed by atoms with Gasteiger partial charge in [-0.3, -0.25) is 9.59 Å². The third-order valence-electron chi connectivity index (χ3n) is 3.99. The lowest BCUT2D eigenvalue weighted by atomic mass is 10.1. The van der Waals surface area contributed by atoms with Crippen LogP contribution < -0.4 is 10.1 Å². The van der Waals surface area contributed by atoms with Crippen LogP contribution in [0.25, 0.3) is 0 Å². The van der Waals surface area contributed by atoms with Crippen molar-refractivity contribution in [2.24, 2.45) is 5.41 Å². The van der Waals surface area contributed by atoms with E-state index in [2.05, 4.69) is 5.32 Å². The zero-order valence-corrected chi connectivity index (χ0v) is 14.7. The molecule has 2 rings (SSSR count). The van der Waals surface area contributed by atoms with Crippen LogP contribution in [0.3, 0.4) is 0 Å². The molecule has 0 aliphatic heterocycles. The molecule has 1 aromatic carbocycles. The average Bonchev–Trinajstić information content (AvgIpc) is 3.05. The van der Waals surface area contributed by atoms with Gasteiger partial charge in [0.25, 0.3) is 5.91 Å². The largest absolute Gasteiger partial charge is 0.497 e. The van der Waals surface area contributed by atoms with Gasteiger partial charge >= 0.3 is 5.97 Å². The zero-order valence-electron chi connectivity index (χ0n) is 13.2. The first-order chi connectivity index (χ1) is 10.7. The molecule has 1 aromatic rings. The van der Waals surface area contributed by atoms with Crippen molar-refractivity contribution in [3.05, 3.63) is 29.8 Å². The van der Waals surface area contributed by atoms with Crippen LogP contribution in [0.4, 0.5) is 0 Å². The summed E-state index contributed by atoms with van der Waals surface area (Å²) in [6.07, 6.45) is -0.593. The van der Waals surface area contributed by atoms with Gasteiger partial charge in [0.05, 0.1) is 7.11 Å². The van der Waals surface area contributed by atoms with Gasteiger partial charge in [-0.1, -0.05) is 12.1 Å². The van der Waals surface area contributed by atoms with Crippen LogP contribution in [0.5, 0.6) is 5.75 Å². The van der Waals surface area contributed by atoms with Gasteiger partial charge < -0.3 is 14.8 Å². The van der Waals surface area contributed by atoms with E-state index in [1.807, 2.05) is 12.1 Å². The Morgan fingerprint density at radius 2 is 1.87 bits per heavy atom. The molecule has 23 heavy (non-hydrogen) atoms. The third-order valence-corrected chi connectivity index (χ3v) is 5.09. The van der Waals surface area contributed by atoms with Crippen molar-refractivity contribution in [3.8, 4) is 5.75 Å². The van der Waals surface area contributed by atoms with Crippen LogP contribution in [0.1, 0.15) is 25.8 Å². The van der Waals surface area contributed by atoms with E-state index in [0.29, 0.717) is 13.0 Å². The minimum atomic E-state index is -1.11. The molecule has 1 amide bonds. The number of alkyl halides is 2. The van der Waals surface area contributed by atoms with Gasteiger partial charge in [0, 0.05) is 13.0 Å². The number of rotatable bonds is 6. The predicted octanol–water partition coefficient (Wildman–Crippen LogP) is 2.83. The minimum Gasteiger partial charge on any atom is -0.497 e. The van der Waals surface area contributed by atoms with E-state index in [4.69, 9.17) is 32.7 Å². The monoisotopic (exact) mass is 359 g/mol. The lowest BCUT2D eigenvalue weighted by Gasteiger charge is -2.17. The quantitative estimate of drug-likeness (QED) is 0.626. The van der Waals surface area contributed by atoms with Gasteiger partial charge in [0.2, 0.25) is 0 Å². The standard InChI is InChI=1S/C16H19Cl2NO4/c1-10(23-14(21)15(2)9-16(15,17)18)13(20)19-8-11-4-6-12(22-3)7-5-11/h4-7,10H,8-9H2,1-3H3,(H,19,20)/t10-,15-/m0/s1. The number of halogens is 2. The highest BCUT2D eigenvalue weighted by molar-refractivity contribution is 6.53. The number of nitrogens with one attached hydrogen (secondary N) is 1. The Hall–Kier alpha value is -1.46. The Labute approximate surface area is 145 Å². The van der Waals surface area contributed by atoms with E-state index in [1.165, 1.54) is 6.92 Å². The molecule has 1 aliphatic carbocycles. The molecular weight excluding hydrogens is 341 g/mol. The second kappa shape index (κ2) is 6.57. The maximum absolute atomic E-state index is 12.0. The zero-order chi connectivity index (χ0) is 17.3. The van der Waals surface area contributed by atoms with Crippen molar-refractivity contribution in [3.63, 3.8) is 0 Å². The number of amides is 1. The molecule has 5 nitrogen and oxygen atoms in total. The summed E-state index contributed by atoms with van der Waals surface area (Å²) in [5.41, 5.74) is -0.0342. The first-order valence-electron chi connectivity index (χ1n) is 7.19. The number of benzene rings is 1. The lowest BCUT2D eigenvalue weighted by Crippen LogP contribution is -2.37. The average molecular weight is 360 g/mol. The van der Waals surface area contributed by atoms with Gasteiger partial charge in [-0.15, -0.1) is 23.2 Å². The highest BCUT2D eigenvalue weighted by Crippen LogP contribution is 2.64. The first kappa shape index (κ1) is 17.9. The Morgan fingerprint density at radius 1 is 1.30 bits per heavy atom. The number of carbonyl (C=O) groups is 2. The second-order valence-corrected chi connectivity index (χ2v) is 7.31. The molecule has 126 valence electrons. The van der Waals surface area contributed by atoms with Crippen molar-refractivity contribution in [1.82, 2.24) is 5.32 Å².